The van der Waals surface area contributed by atoms with Crippen molar-refractivity contribution in [3.05, 3.63) is 33.8 Å². The molecule has 0 saturated heterocycles. The third-order valence-corrected chi connectivity index (χ3v) is 2.87. The fraction of sp³-hybridized carbons (Fsp3) is 0.364. The number of hydrogen-bond donors (Lipinski definition) is 2. The molecule has 0 saturated carbocycles. The fourth-order valence-electron chi connectivity index (χ4n) is 1.46. The summed E-state index contributed by atoms with van der Waals surface area (Å²) >= 11 is 11.7. The molecule has 0 aromatic heterocycles. The number of ether oxygens (including phenoxy) is 1. The van der Waals surface area contributed by atoms with Crippen LogP contribution in [-0.2, 0) is 4.74 Å². The summed E-state index contributed by atoms with van der Waals surface area (Å²) in [4.78, 5) is 10.7. The molecule has 0 aliphatic heterocycles. The van der Waals surface area contributed by atoms with Crippen LogP contribution in [0.5, 0.6) is 0 Å². The Morgan fingerprint density at radius 1 is 1.53 bits per heavy atom. The molecule has 0 aliphatic rings. The topological polar surface area (TPSA) is 72.5 Å². The fourth-order valence-corrected chi connectivity index (χ4v) is 1.98. The van der Waals surface area contributed by atoms with E-state index >= 15 is 0 Å². The molecule has 0 spiro atoms. The summed E-state index contributed by atoms with van der Waals surface area (Å²) in [7, 11) is 0. The van der Waals surface area contributed by atoms with Crippen molar-refractivity contribution in [1.29, 1.82) is 0 Å². The average molecular weight is 278 g/mol. The van der Waals surface area contributed by atoms with E-state index in [9.17, 15) is 9.90 Å². The standard InChI is InChI=1S/C11H13Cl2NO3/c1-2-9(17-11(14)16)10(15)7-4-3-6(12)5-8(7)13/h3-5,9-10,15H,2H2,1H3,(H2,14,16)/t9?,10-/m0/s1. The average Bonchev–Trinajstić information content (AvgIpc) is 2.24. The van der Waals surface area contributed by atoms with E-state index in [1.54, 1.807) is 19.1 Å². The molecule has 0 heterocycles. The molecule has 1 aromatic rings. The molecule has 2 atom stereocenters. The summed E-state index contributed by atoms with van der Waals surface area (Å²) in [6.07, 6.45) is -2.27. The van der Waals surface area contributed by atoms with E-state index in [0.717, 1.165) is 0 Å². The summed E-state index contributed by atoms with van der Waals surface area (Å²) in [5, 5.41) is 10.8. The normalized spacial score (nSPS) is 14.1. The Morgan fingerprint density at radius 3 is 2.65 bits per heavy atom. The number of hydrogen-bond acceptors (Lipinski definition) is 3. The molecule has 3 N–H and O–H groups in total. The zero-order valence-electron chi connectivity index (χ0n) is 9.19. The number of primary amides is 1. The van der Waals surface area contributed by atoms with E-state index in [1.165, 1.54) is 6.07 Å². The van der Waals surface area contributed by atoms with Crippen LogP contribution < -0.4 is 5.73 Å². The number of rotatable bonds is 4. The van der Waals surface area contributed by atoms with Gasteiger partial charge in [-0.15, -0.1) is 0 Å². The van der Waals surface area contributed by atoms with Gasteiger partial charge in [0.05, 0.1) is 0 Å². The molecule has 1 rings (SSSR count). The first-order chi connectivity index (χ1) is 7.95. The maximum atomic E-state index is 10.7. The number of amides is 1. The van der Waals surface area contributed by atoms with Crippen molar-refractivity contribution in [3.63, 3.8) is 0 Å². The Hall–Kier alpha value is -0.970. The quantitative estimate of drug-likeness (QED) is 0.889. The Bertz CT molecular complexity index is 412. The molecule has 1 unspecified atom stereocenters. The Labute approximate surface area is 109 Å². The first-order valence-corrected chi connectivity index (χ1v) is 5.80. The number of carbonyl (C=O) groups is 1. The zero-order valence-corrected chi connectivity index (χ0v) is 10.7. The molecule has 17 heavy (non-hydrogen) atoms. The number of aliphatic hydroxyl groups excluding tert-OH is 1. The Kier molecular flexibility index (Phi) is 5.05. The maximum absolute atomic E-state index is 10.7. The first-order valence-electron chi connectivity index (χ1n) is 5.04. The molecule has 4 nitrogen and oxygen atoms in total. The van der Waals surface area contributed by atoms with Crippen LogP contribution in [-0.4, -0.2) is 17.3 Å². The molecule has 0 aliphatic carbocycles. The van der Waals surface area contributed by atoms with Gasteiger partial charge in [-0.2, -0.15) is 0 Å². The van der Waals surface area contributed by atoms with E-state index < -0.39 is 18.3 Å². The highest BCUT2D eigenvalue weighted by Crippen LogP contribution is 2.30. The van der Waals surface area contributed by atoms with E-state index in [2.05, 4.69) is 0 Å². The second-order valence-electron chi connectivity index (χ2n) is 3.49. The Morgan fingerprint density at radius 2 is 2.18 bits per heavy atom. The van der Waals surface area contributed by atoms with Gasteiger partial charge in [0.1, 0.15) is 12.2 Å². The summed E-state index contributed by atoms with van der Waals surface area (Å²) < 4.78 is 4.80. The predicted octanol–water partition coefficient (Wildman–Crippen LogP) is 2.90. The van der Waals surface area contributed by atoms with E-state index in [4.69, 9.17) is 33.7 Å². The van der Waals surface area contributed by atoms with Crippen molar-refractivity contribution >= 4 is 29.3 Å². The smallest absolute Gasteiger partial charge is 0.404 e. The van der Waals surface area contributed by atoms with Crippen LogP contribution in [0, 0.1) is 0 Å². The van der Waals surface area contributed by atoms with Crippen molar-refractivity contribution in [2.75, 3.05) is 0 Å². The molecule has 1 aromatic carbocycles. The summed E-state index contributed by atoms with van der Waals surface area (Å²) in [6, 6.07) is 4.70. The van der Waals surface area contributed by atoms with Gasteiger partial charge >= 0.3 is 6.09 Å². The molecular weight excluding hydrogens is 265 g/mol. The highest BCUT2D eigenvalue weighted by Gasteiger charge is 2.24. The van der Waals surface area contributed by atoms with E-state index in [0.29, 0.717) is 22.0 Å². The molecule has 0 bridgehead atoms. The molecular formula is C11H13Cl2NO3. The number of benzene rings is 1. The highest BCUT2D eigenvalue weighted by molar-refractivity contribution is 6.35. The molecule has 1 amide bonds. The number of halogens is 2. The lowest BCUT2D eigenvalue weighted by atomic mass is 10.0. The lowest BCUT2D eigenvalue weighted by Gasteiger charge is -2.22. The van der Waals surface area contributed by atoms with Gasteiger partial charge in [-0.3, -0.25) is 0 Å². The molecule has 6 heteroatoms. The van der Waals surface area contributed by atoms with Crippen LogP contribution in [0.1, 0.15) is 25.0 Å². The third kappa shape index (κ3) is 3.77. The number of nitrogens with two attached hydrogens (primary N) is 1. The van der Waals surface area contributed by atoms with Crippen LogP contribution in [0.25, 0.3) is 0 Å². The molecule has 0 radical (unpaired) electrons. The first kappa shape index (κ1) is 14.1. The summed E-state index contributed by atoms with van der Waals surface area (Å²) in [5.74, 6) is 0. The summed E-state index contributed by atoms with van der Waals surface area (Å²) in [6.45, 7) is 1.76. The van der Waals surface area contributed by atoms with E-state index in [-0.39, 0.29) is 0 Å². The lowest BCUT2D eigenvalue weighted by Crippen LogP contribution is -2.28. The van der Waals surface area contributed by atoms with Crippen molar-refractivity contribution in [3.8, 4) is 0 Å². The van der Waals surface area contributed by atoms with Gasteiger partial charge in [-0.1, -0.05) is 36.2 Å². The lowest BCUT2D eigenvalue weighted by molar-refractivity contribution is 0.00341. The minimum absolute atomic E-state index is 0.316. The maximum Gasteiger partial charge on any atom is 0.404 e. The van der Waals surface area contributed by atoms with Gasteiger partial charge in [0.15, 0.2) is 0 Å². The summed E-state index contributed by atoms with van der Waals surface area (Å²) in [5.41, 5.74) is 5.37. The number of aliphatic hydroxyl groups is 1. The second-order valence-corrected chi connectivity index (χ2v) is 4.34. The SMILES string of the molecule is CCC(OC(N)=O)[C@@H](O)c1ccc(Cl)cc1Cl. The van der Waals surface area contributed by atoms with Gasteiger partial charge < -0.3 is 15.6 Å². The van der Waals surface area contributed by atoms with Crippen molar-refractivity contribution < 1.29 is 14.6 Å². The molecule has 0 fully saturated rings. The van der Waals surface area contributed by atoms with Gasteiger partial charge in [-0.25, -0.2) is 4.79 Å². The van der Waals surface area contributed by atoms with Crippen molar-refractivity contribution in [2.24, 2.45) is 5.73 Å². The largest absolute Gasteiger partial charge is 0.443 e. The van der Waals surface area contributed by atoms with Crippen molar-refractivity contribution in [2.45, 2.75) is 25.6 Å². The minimum Gasteiger partial charge on any atom is -0.443 e. The zero-order chi connectivity index (χ0) is 13.0. The second kappa shape index (κ2) is 6.10. The minimum atomic E-state index is -1.03. The van der Waals surface area contributed by atoms with Gasteiger partial charge in [-0.05, 0) is 18.6 Å². The van der Waals surface area contributed by atoms with E-state index in [1.807, 2.05) is 0 Å². The van der Waals surface area contributed by atoms with Crippen LogP contribution in [0.3, 0.4) is 0 Å². The number of carbonyl (C=O) groups excluding carboxylic acids is 1. The van der Waals surface area contributed by atoms with Gasteiger partial charge in [0.2, 0.25) is 0 Å². The predicted molar refractivity (Wildman–Crippen MR) is 66.2 cm³/mol. The third-order valence-electron chi connectivity index (χ3n) is 2.30. The van der Waals surface area contributed by atoms with Crippen LogP contribution >= 0.6 is 23.2 Å². The monoisotopic (exact) mass is 277 g/mol. The van der Waals surface area contributed by atoms with Crippen LogP contribution in [0.2, 0.25) is 10.0 Å². The van der Waals surface area contributed by atoms with Gasteiger partial charge in [0, 0.05) is 15.6 Å². The van der Waals surface area contributed by atoms with Crippen molar-refractivity contribution in [1.82, 2.24) is 0 Å². The van der Waals surface area contributed by atoms with Gasteiger partial charge in [0.25, 0.3) is 0 Å². The highest BCUT2D eigenvalue weighted by atomic mass is 35.5. The van der Waals surface area contributed by atoms with Crippen LogP contribution in [0.4, 0.5) is 4.79 Å². The van der Waals surface area contributed by atoms with Crippen LogP contribution in [0.15, 0.2) is 18.2 Å². The molecule has 94 valence electrons. The Balaban J connectivity index is 2.93.